The number of aromatic nitrogens is 2. The highest BCUT2D eigenvalue weighted by Crippen LogP contribution is 2.40. The molecule has 1 aromatic carbocycles. The highest BCUT2D eigenvalue weighted by atomic mass is 32.2. The van der Waals surface area contributed by atoms with Gasteiger partial charge >= 0.3 is 0 Å². The molecular weight excluding hydrogens is 426 g/mol. The molecule has 0 saturated carbocycles. The number of hydrogen-bond acceptors (Lipinski definition) is 8. The minimum atomic E-state index is -0.239. The van der Waals surface area contributed by atoms with E-state index in [1.807, 2.05) is 18.4 Å². The Hall–Kier alpha value is -2.72. The Balaban J connectivity index is 1.78. The maximum Gasteiger partial charge on any atom is 0.272 e. The van der Waals surface area contributed by atoms with Crippen molar-refractivity contribution in [2.45, 2.75) is 25.0 Å². The Morgan fingerprint density at radius 1 is 1.20 bits per heavy atom. The largest absolute Gasteiger partial charge is 0.493 e. The monoisotopic (exact) mass is 449 g/mol. The Labute approximate surface area is 182 Å². The standard InChI is InChI=1S/C20H23N3O5S2/c1-5-7-23-19(25)18-13(6-8-29-18)22-20(23)30-11-16(24)21-12-9-14(26-2)17(28-4)15(10-12)27-3/h6,8-10H,5,7,11H2,1-4H3,(H,21,24). The topological polar surface area (TPSA) is 91.7 Å². The van der Waals surface area contributed by atoms with Crippen LogP contribution in [0.2, 0.25) is 0 Å². The fourth-order valence-corrected chi connectivity index (χ4v) is 4.54. The summed E-state index contributed by atoms with van der Waals surface area (Å²) < 4.78 is 18.2. The number of nitrogens with zero attached hydrogens (tertiary/aromatic N) is 2. The SMILES string of the molecule is CCCn1c(SCC(=O)Nc2cc(OC)c(OC)c(OC)c2)nc2ccsc2c1=O. The van der Waals surface area contributed by atoms with Gasteiger partial charge in [-0.1, -0.05) is 18.7 Å². The summed E-state index contributed by atoms with van der Waals surface area (Å²) in [6.07, 6.45) is 0.795. The molecule has 10 heteroatoms. The van der Waals surface area contributed by atoms with Crippen LogP contribution in [0, 0.1) is 0 Å². The van der Waals surface area contributed by atoms with Crippen LogP contribution in [0.4, 0.5) is 5.69 Å². The van der Waals surface area contributed by atoms with Crippen molar-refractivity contribution in [1.29, 1.82) is 0 Å². The molecule has 0 radical (unpaired) electrons. The normalized spacial score (nSPS) is 10.8. The van der Waals surface area contributed by atoms with Crippen molar-refractivity contribution in [3.05, 3.63) is 33.9 Å². The first-order valence-electron chi connectivity index (χ1n) is 9.23. The summed E-state index contributed by atoms with van der Waals surface area (Å²) in [5.74, 6) is 1.20. The van der Waals surface area contributed by atoms with E-state index in [1.54, 1.807) is 16.7 Å². The number of ether oxygens (including phenoxy) is 3. The number of rotatable bonds is 9. The lowest BCUT2D eigenvalue weighted by Gasteiger charge is -2.15. The Morgan fingerprint density at radius 3 is 2.50 bits per heavy atom. The third-order valence-corrected chi connectivity index (χ3v) is 6.13. The van der Waals surface area contributed by atoms with E-state index in [0.29, 0.717) is 44.9 Å². The minimum absolute atomic E-state index is 0.0654. The van der Waals surface area contributed by atoms with Gasteiger partial charge < -0.3 is 19.5 Å². The van der Waals surface area contributed by atoms with Crippen LogP contribution in [0.15, 0.2) is 33.5 Å². The molecule has 0 spiro atoms. The molecule has 0 aliphatic heterocycles. The molecule has 0 aliphatic carbocycles. The molecule has 0 aliphatic rings. The van der Waals surface area contributed by atoms with Crippen LogP contribution in [-0.4, -0.2) is 42.5 Å². The number of nitrogens with one attached hydrogen (secondary N) is 1. The van der Waals surface area contributed by atoms with Crippen LogP contribution in [0.1, 0.15) is 13.3 Å². The first-order chi connectivity index (χ1) is 14.5. The number of hydrogen-bond donors (Lipinski definition) is 1. The van der Waals surface area contributed by atoms with Crippen LogP contribution in [0.5, 0.6) is 17.2 Å². The van der Waals surface area contributed by atoms with Crippen LogP contribution in [0.3, 0.4) is 0 Å². The number of fused-ring (bicyclic) bond motifs is 1. The Kier molecular flexibility index (Phi) is 7.22. The number of carbonyl (C=O) groups is 1. The number of amides is 1. The molecule has 0 bridgehead atoms. The molecule has 0 fully saturated rings. The second-order valence-electron chi connectivity index (χ2n) is 6.24. The lowest BCUT2D eigenvalue weighted by atomic mass is 10.2. The molecule has 160 valence electrons. The maximum absolute atomic E-state index is 12.7. The van der Waals surface area contributed by atoms with Gasteiger partial charge in [-0.2, -0.15) is 0 Å². The zero-order valence-corrected chi connectivity index (χ0v) is 18.8. The van der Waals surface area contributed by atoms with E-state index < -0.39 is 0 Å². The quantitative estimate of drug-likeness (QED) is 0.394. The molecule has 3 aromatic rings. The van der Waals surface area contributed by atoms with Crippen molar-refractivity contribution < 1.29 is 19.0 Å². The average molecular weight is 450 g/mol. The third kappa shape index (κ3) is 4.54. The lowest BCUT2D eigenvalue weighted by Crippen LogP contribution is -2.23. The van der Waals surface area contributed by atoms with E-state index in [1.165, 1.54) is 44.4 Å². The molecule has 1 amide bonds. The molecule has 0 atom stereocenters. The van der Waals surface area contributed by atoms with Gasteiger partial charge in [0.15, 0.2) is 16.7 Å². The number of thioether (sulfide) groups is 1. The summed E-state index contributed by atoms with van der Waals surface area (Å²) in [6, 6.07) is 5.14. The van der Waals surface area contributed by atoms with E-state index >= 15 is 0 Å². The van der Waals surface area contributed by atoms with Crippen molar-refractivity contribution in [2.24, 2.45) is 0 Å². The first-order valence-corrected chi connectivity index (χ1v) is 11.1. The fourth-order valence-electron chi connectivity index (χ4n) is 2.93. The van der Waals surface area contributed by atoms with E-state index in [2.05, 4.69) is 10.3 Å². The Bertz CT molecular complexity index is 1080. The van der Waals surface area contributed by atoms with E-state index in [-0.39, 0.29) is 17.2 Å². The lowest BCUT2D eigenvalue weighted by molar-refractivity contribution is -0.113. The Morgan fingerprint density at radius 2 is 1.90 bits per heavy atom. The predicted octanol–water partition coefficient (Wildman–Crippen LogP) is 3.62. The second-order valence-corrected chi connectivity index (χ2v) is 8.10. The van der Waals surface area contributed by atoms with Gasteiger partial charge in [-0.15, -0.1) is 11.3 Å². The van der Waals surface area contributed by atoms with Gasteiger partial charge in [0, 0.05) is 24.4 Å². The van der Waals surface area contributed by atoms with Crippen molar-refractivity contribution in [2.75, 3.05) is 32.4 Å². The summed E-state index contributed by atoms with van der Waals surface area (Å²) in [5.41, 5.74) is 1.11. The molecule has 0 unspecified atom stereocenters. The van der Waals surface area contributed by atoms with Crippen molar-refractivity contribution in [3.8, 4) is 17.2 Å². The van der Waals surface area contributed by atoms with Crippen LogP contribution < -0.4 is 25.1 Å². The minimum Gasteiger partial charge on any atom is -0.493 e. The summed E-state index contributed by atoms with van der Waals surface area (Å²) in [7, 11) is 4.54. The number of benzene rings is 1. The van der Waals surface area contributed by atoms with Crippen LogP contribution in [0.25, 0.3) is 10.2 Å². The molecular formula is C20H23N3O5S2. The molecule has 2 heterocycles. The van der Waals surface area contributed by atoms with Gasteiger partial charge in [-0.25, -0.2) is 4.98 Å². The van der Waals surface area contributed by atoms with Gasteiger partial charge in [-0.3, -0.25) is 14.2 Å². The van der Waals surface area contributed by atoms with E-state index in [9.17, 15) is 9.59 Å². The smallest absolute Gasteiger partial charge is 0.272 e. The van der Waals surface area contributed by atoms with Crippen molar-refractivity contribution in [1.82, 2.24) is 9.55 Å². The maximum atomic E-state index is 12.7. The van der Waals surface area contributed by atoms with Gasteiger partial charge in [0.1, 0.15) is 4.70 Å². The first kappa shape index (κ1) is 22.0. The number of thiophene rings is 1. The van der Waals surface area contributed by atoms with Gasteiger partial charge in [0.05, 0.1) is 32.6 Å². The van der Waals surface area contributed by atoms with Gasteiger partial charge in [0.25, 0.3) is 5.56 Å². The molecule has 3 rings (SSSR count). The molecule has 2 aromatic heterocycles. The third-order valence-electron chi connectivity index (χ3n) is 4.26. The number of methoxy groups -OCH3 is 3. The van der Waals surface area contributed by atoms with Crippen molar-refractivity contribution in [3.63, 3.8) is 0 Å². The highest BCUT2D eigenvalue weighted by molar-refractivity contribution is 7.99. The average Bonchev–Trinajstić information content (AvgIpc) is 3.22. The highest BCUT2D eigenvalue weighted by Gasteiger charge is 2.16. The molecule has 1 N–H and O–H groups in total. The fraction of sp³-hybridized carbons (Fsp3) is 0.350. The molecule has 30 heavy (non-hydrogen) atoms. The van der Waals surface area contributed by atoms with Crippen LogP contribution >= 0.6 is 23.1 Å². The zero-order valence-electron chi connectivity index (χ0n) is 17.2. The zero-order chi connectivity index (χ0) is 21.7. The summed E-state index contributed by atoms with van der Waals surface area (Å²) >= 11 is 2.61. The number of anilines is 1. The molecule has 8 nitrogen and oxygen atoms in total. The van der Waals surface area contributed by atoms with E-state index in [4.69, 9.17) is 14.2 Å². The number of carbonyl (C=O) groups excluding carboxylic acids is 1. The summed E-state index contributed by atoms with van der Waals surface area (Å²) in [6.45, 7) is 2.55. The van der Waals surface area contributed by atoms with Gasteiger partial charge in [-0.05, 0) is 17.9 Å². The van der Waals surface area contributed by atoms with E-state index in [0.717, 1.165) is 6.42 Å². The van der Waals surface area contributed by atoms with Crippen LogP contribution in [-0.2, 0) is 11.3 Å². The predicted molar refractivity (Wildman–Crippen MR) is 120 cm³/mol. The second kappa shape index (κ2) is 9.86. The molecule has 0 saturated heterocycles. The van der Waals surface area contributed by atoms with Crippen molar-refractivity contribution >= 4 is 44.9 Å². The summed E-state index contributed by atoms with van der Waals surface area (Å²) in [5, 5.41) is 5.21. The summed E-state index contributed by atoms with van der Waals surface area (Å²) in [4.78, 5) is 29.8. The van der Waals surface area contributed by atoms with Gasteiger partial charge in [0.2, 0.25) is 11.7 Å².